The molecule has 0 saturated heterocycles. The SMILES string of the molecule is CNS(=O)(=O)c1ccc2c(c1)C[C@H](N)C2. The molecule has 1 aliphatic carbocycles. The molecule has 0 bridgehead atoms. The van der Waals surface area contributed by atoms with E-state index in [0.29, 0.717) is 4.90 Å². The van der Waals surface area contributed by atoms with Crippen molar-refractivity contribution in [3.05, 3.63) is 29.3 Å². The van der Waals surface area contributed by atoms with Crippen LogP contribution < -0.4 is 10.5 Å². The van der Waals surface area contributed by atoms with Crippen LogP contribution >= 0.6 is 0 Å². The number of rotatable bonds is 2. The Morgan fingerprint density at radius 3 is 2.67 bits per heavy atom. The fourth-order valence-corrected chi connectivity index (χ4v) is 2.69. The first-order chi connectivity index (χ1) is 7.03. The lowest BCUT2D eigenvalue weighted by Gasteiger charge is -2.04. The summed E-state index contributed by atoms with van der Waals surface area (Å²) >= 11 is 0. The standard InChI is InChI=1S/C10H14N2O2S/c1-12-15(13,14)10-3-2-7-4-9(11)5-8(7)6-10/h2-3,6,9,12H,4-5,11H2,1H3/t9-/m1/s1. The van der Waals surface area contributed by atoms with E-state index < -0.39 is 10.0 Å². The zero-order valence-electron chi connectivity index (χ0n) is 8.53. The number of nitrogens with two attached hydrogens (primary N) is 1. The highest BCUT2D eigenvalue weighted by Gasteiger charge is 2.20. The molecule has 0 spiro atoms. The molecule has 0 radical (unpaired) electrons. The van der Waals surface area contributed by atoms with Crippen LogP contribution in [0.15, 0.2) is 23.1 Å². The molecule has 82 valence electrons. The van der Waals surface area contributed by atoms with Crippen molar-refractivity contribution in [3.63, 3.8) is 0 Å². The Labute approximate surface area is 89.5 Å². The van der Waals surface area contributed by atoms with E-state index in [4.69, 9.17) is 5.73 Å². The summed E-state index contributed by atoms with van der Waals surface area (Å²) in [6.45, 7) is 0. The molecule has 2 rings (SSSR count). The van der Waals surface area contributed by atoms with Crippen LogP contribution in [0.1, 0.15) is 11.1 Å². The maximum Gasteiger partial charge on any atom is 0.240 e. The van der Waals surface area contributed by atoms with Crippen molar-refractivity contribution in [2.75, 3.05) is 7.05 Å². The summed E-state index contributed by atoms with van der Waals surface area (Å²) in [6.07, 6.45) is 1.61. The lowest BCUT2D eigenvalue weighted by Crippen LogP contribution is -2.19. The van der Waals surface area contributed by atoms with Crippen LogP contribution in [0.4, 0.5) is 0 Å². The minimum Gasteiger partial charge on any atom is -0.327 e. The fraction of sp³-hybridized carbons (Fsp3) is 0.400. The van der Waals surface area contributed by atoms with E-state index in [-0.39, 0.29) is 6.04 Å². The van der Waals surface area contributed by atoms with Gasteiger partial charge >= 0.3 is 0 Å². The van der Waals surface area contributed by atoms with Crippen LogP contribution in [-0.4, -0.2) is 21.5 Å². The predicted molar refractivity (Wildman–Crippen MR) is 58.1 cm³/mol. The van der Waals surface area contributed by atoms with Gasteiger partial charge in [0.1, 0.15) is 0 Å². The van der Waals surface area contributed by atoms with E-state index in [2.05, 4.69) is 4.72 Å². The Hall–Kier alpha value is -0.910. The molecule has 1 atom stereocenters. The summed E-state index contributed by atoms with van der Waals surface area (Å²) in [4.78, 5) is 0.317. The van der Waals surface area contributed by atoms with Crippen LogP contribution in [0.25, 0.3) is 0 Å². The van der Waals surface area contributed by atoms with Gasteiger partial charge in [-0.1, -0.05) is 6.07 Å². The quantitative estimate of drug-likeness (QED) is 0.746. The van der Waals surface area contributed by atoms with Gasteiger partial charge in [-0.2, -0.15) is 0 Å². The molecule has 0 fully saturated rings. The monoisotopic (exact) mass is 226 g/mol. The van der Waals surface area contributed by atoms with Gasteiger partial charge in [0.2, 0.25) is 10.0 Å². The van der Waals surface area contributed by atoms with Crippen LogP contribution in [0.5, 0.6) is 0 Å². The molecule has 0 heterocycles. The molecule has 15 heavy (non-hydrogen) atoms. The van der Waals surface area contributed by atoms with Crippen LogP contribution in [0.3, 0.4) is 0 Å². The van der Waals surface area contributed by atoms with Gasteiger partial charge in [0.15, 0.2) is 0 Å². The summed E-state index contributed by atoms with van der Waals surface area (Å²) in [5.74, 6) is 0. The average molecular weight is 226 g/mol. The Kier molecular flexibility index (Phi) is 2.54. The second kappa shape index (κ2) is 3.59. The number of nitrogens with one attached hydrogen (secondary N) is 1. The summed E-state index contributed by atoms with van der Waals surface area (Å²) in [6, 6.07) is 5.33. The van der Waals surface area contributed by atoms with Crippen molar-refractivity contribution in [1.82, 2.24) is 4.72 Å². The van der Waals surface area contributed by atoms with Gasteiger partial charge in [0.05, 0.1) is 4.90 Å². The van der Waals surface area contributed by atoms with E-state index in [9.17, 15) is 8.42 Å². The van der Waals surface area contributed by atoms with Gasteiger partial charge in [-0.05, 0) is 43.1 Å². The van der Waals surface area contributed by atoms with Gasteiger partial charge in [-0.3, -0.25) is 0 Å². The minimum absolute atomic E-state index is 0.132. The second-order valence-corrected chi connectivity index (χ2v) is 5.69. The third-order valence-electron chi connectivity index (χ3n) is 2.72. The maximum atomic E-state index is 11.5. The molecule has 0 amide bonds. The summed E-state index contributed by atoms with van der Waals surface area (Å²) in [5, 5.41) is 0. The van der Waals surface area contributed by atoms with Crippen LogP contribution in [0.2, 0.25) is 0 Å². The van der Waals surface area contributed by atoms with Crippen molar-refractivity contribution in [2.45, 2.75) is 23.8 Å². The topological polar surface area (TPSA) is 72.2 Å². The molecule has 1 aromatic rings. The van der Waals surface area contributed by atoms with E-state index in [1.807, 2.05) is 6.07 Å². The van der Waals surface area contributed by atoms with Crippen molar-refractivity contribution in [2.24, 2.45) is 5.73 Å². The van der Waals surface area contributed by atoms with E-state index in [1.165, 1.54) is 7.05 Å². The van der Waals surface area contributed by atoms with Crippen LogP contribution in [-0.2, 0) is 22.9 Å². The molecule has 5 heteroatoms. The lowest BCUT2D eigenvalue weighted by atomic mass is 10.1. The molecule has 3 N–H and O–H groups in total. The fourth-order valence-electron chi connectivity index (χ4n) is 1.91. The molecule has 0 saturated carbocycles. The normalized spacial score (nSPS) is 20.3. The Balaban J connectivity index is 2.44. The second-order valence-electron chi connectivity index (χ2n) is 3.81. The van der Waals surface area contributed by atoms with Crippen LogP contribution in [0, 0.1) is 0 Å². The molecular weight excluding hydrogens is 212 g/mol. The smallest absolute Gasteiger partial charge is 0.240 e. The zero-order valence-corrected chi connectivity index (χ0v) is 9.34. The van der Waals surface area contributed by atoms with Crippen molar-refractivity contribution < 1.29 is 8.42 Å². The number of fused-ring (bicyclic) bond motifs is 1. The maximum absolute atomic E-state index is 11.5. The van der Waals surface area contributed by atoms with E-state index in [1.54, 1.807) is 12.1 Å². The molecular formula is C10H14N2O2S. The third kappa shape index (κ3) is 1.90. The van der Waals surface area contributed by atoms with E-state index in [0.717, 1.165) is 24.0 Å². The Bertz CT molecular complexity index is 482. The number of hydrogen-bond donors (Lipinski definition) is 2. The van der Waals surface area contributed by atoms with Crippen molar-refractivity contribution >= 4 is 10.0 Å². The number of hydrogen-bond acceptors (Lipinski definition) is 3. The summed E-state index contributed by atoms with van der Waals surface area (Å²) in [5.41, 5.74) is 8.03. The first-order valence-electron chi connectivity index (χ1n) is 4.84. The lowest BCUT2D eigenvalue weighted by molar-refractivity contribution is 0.588. The van der Waals surface area contributed by atoms with Crippen molar-refractivity contribution in [1.29, 1.82) is 0 Å². The largest absolute Gasteiger partial charge is 0.327 e. The molecule has 0 unspecified atom stereocenters. The first-order valence-corrected chi connectivity index (χ1v) is 6.32. The van der Waals surface area contributed by atoms with Gasteiger partial charge in [-0.15, -0.1) is 0 Å². The molecule has 0 aromatic heterocycles. The van der Waals surface area contributed by atoms with Gasteiger partial charge in [0, 0.05) is 6.04 Å². The van der Waals surface area contributed by atoms with Crippen molar-refractivity contribution in [3.8, 4) is 0 Å². The highest BCUT2D eigenvalue weighted by molar-refractivity contribution is 7.89. The van der Waals surface area contributed by atoms with E-state index >= 15 is 0 Å². The molecule has 4 nitrogen and oxygen atoms in total. The Morgan fingerprint density at radius 2 is 2.00 bits per heavy atom. The van der Waals surface area contributed by atoms with Gasteiger partial charge in [-0.25, -0.2) is 13.1 Å². The molecule has 0 aliphatic heterocycles. The average Bonchev–Trinajstić information content (AvgIpc) is 2.56. The number of benzene rings is 1. The highest BCUT2D eigenvalue weighted by atomic mass is 32.2. The Morgan fingerprint density at radius 1 is 1.33 bits per heavy atom. The molecule has 1 aliphatic rings. The first kappa shape index (κ1) is 10.6. The summed E-state index contributed by atoms with van der Waals surface area (Å²) < 4.78 is 25.4. The third-order valence-corrected chi connectivity index (χ3v) is 4.13. The highest BCUT2D eigenvalue weighted by Crippen LogP contribution is 2.24. The molecule has 1 aromatic carbocycles. The van der Waals surface area contributed by atoms with Gasteiger partial charge < -0.3 is 5.73 Å². The number of sulfonamides is 1. The summed E-state index contributed by atoms with van der Waals surface area (Å²) in [7, 11) is -1.92. The minimum atomic E-state index is -3.33. The van der Waals surface area contributed by atoms with Gasteiger partial charge in [0.25, 0.3) is 0 Å². The zero-order chi connectivity index (χ0) is 11.1. The predicted octanol–water partition coefficient (Wildman–Crippen LogP) is 0.0206.